The number of amides is 1. The number of non-ortho nitro benzene ring substituents is 1. The van der Waals surface area contributed by atoms with Gasteiger partial charge in [-0.1, -0.05) is 13.8 Å². The number of carbonyl (C=O) groups excluding carboxylic acids is 1. The van der Waals surface area contributed by atoms with Crippen LogP contribution in [0, 0.1) is 26.1 Å². The lowest BCUT2D eigenvalue weighted by Gasteiger charge is -2.10. The third-order valence-electron chi connectivity index (χ3n) is 3.33. The van der Waals surface area contributed by atoms with Gasteiger partial charge in [-0.25, -0.2) is 0 Å². The van der Waals surface area contributed by atoms with Crippen LogP contribution in [0.15, 0.2) is 42.5 Å². The lowest BCUT2D eigenvalue weighted by atomic mass is 10.1. The third kappa shape index (κ3) is 4.76. The Morgan fingerprint density at radius 1 is 1.08 bits per heavy atom. The van der Waals surface area contributed by atoms with E-state index >= 15 is 0 Å². The van der Waals surface area contributed by atoms with Gasteiger partial charge < -0.3 is 10.1 Å². The summed E-state index contributed by atoms with van der Waals surface area (Å²) >= 11 is 0. The standard InChI is InChI=1S/C17H17N3O6/c1-11(2)10-26-14-6-3-12(4-7-14)18-17(21)15-8-5-13(19(22)23)9-16(15)20(24)25/h3-9,11H,10H2,1-2H3,(H,18,21). The molecule has 0 atom stereocenters. The van der Waals surface area contributed by atoms with Gasteiger partial charge in [0.1, 0.15) is 11.3 Å². The molecule has 1 amide bonds. The van der Waals surface area contributed by atoms with Crippen molar-refractivity contribution < 1.29 is 19.4 Å². The Labute approximate surface area is 148 Å². The van der Waals surface area contributed by atoms with Crippen molar-refractivity contribution in [3.63, 3.8) is 0 Å². The highest BCUT2D eigenvalue weighted by Crippen LogP contribution is 2.26. The van der Waals surface area contributed by atoms with Gasteiger partial charge in [0.15, 0.2) is 0 Å². The van der Waals surface area contributed by atoms with Crippen molar-refractivity contribution in [2.75, 3.05) is 11.9 Å². The van der Waals surface area contributed by atoms with Gasteiger partial charge in [-0.05, 0) is 36.2 Å². The number of nitro groups is 2. The molecule has 2 aromatic rings. The number of nitrogens with one attached hydrogen (secondary N) is 1. The van der Waals surface area contributed by atoms with E-state index in [1.807, 2.05) is 13.8 Å². The van der Waals surface area contributed by atoms with Gasteiger partial charge >= 0.3 is 0 Å². The zero-order valence-corrected chi connectivity index (χ0v) is 14.2. The van der Waals surface area contributed by atoms with Crippen LogP contribution in [0.2, 0.25) is 0 Å². The van der Waals surface area contributed by atoms with Gasteiger partial charge in [0.05, 0.1) is 22.5 Å². The van der Waals surface area contributed by atoms with Crippen LogP contribution in [-0.4, -0.2) is 22.4 Å². The summed E-state index contributed by atoms with van der Waals surface area (Å²) in [7, 11) is 0. The molecule has 9 heteroatoms. The number of hydrogen-bond acceptors (Lipinski definition) is 6. The molecular weight excluding hydrogens is 342 g/mol. The fourth-order valence-electron chi connectivity index (χ4n) is 2.07. The number of benzene rings is 2. The molecule has 0 unspecified atom stereocenters. The first-order valence-electron chi connectivity index (χ1n) is 7.75. The van der Waals surface area contributed by atoms with Crippen LogP contribution in [0.4, 0.5) is 17.1 Å². The Hall–Kier alpha value is -3.49. The zero-order valence-electron chi connectivity index (χ0n) is 14.2. The number of nitro benzene ring substituents is 2. The van der Waals surface area contributed by atoms with E-state index < -0.39 is 27.1 Å². The van der Waals surface area contributed by atoms with Gasteiger partial charge in [0.2, 0.25) is 0 Å². The van der Waals surface area contributed by atoms with Crippen molar-refractivity contribution in [3.05, 3.63) is 68.3 Å². The summed E-state index contributed by atoms with van der Waals surface area (Å²) in [5.41, 5.74) is -0.936. The predicted molar refractivity (Wildman–Crippen MR) is 94.5 cm³/mol. The van der Waals surface area contributed by atoms with Gasteiger partial charge in [-0.15, -0.1) is 0 Å². The molecule has 1 N–H and O–H groups in total. The molecule has 0 saturated heterocycles. The van der Waals surface area contributed by atoms with Gasteiger partial charge in [0.25, 0.3) is 17.3 Å². The molecule has 0 bridgehead atoms. The van der Waals surface area contributed by atoms with E-state index in [1.165, 1.54) is 0 Å². The molecular formula is C17H17N3O6. The molecule has 0 spiro atoms. The highest BCUT2D eigenvalue weighted by atomic mass is 16.6. The number of carbonyl (C=O) groups is 1. The smallest absolute Gasteiger partial charge is 0.289 e. The zero-order chi connectivity index (χ0) is 19.3. The van der Waals surface area contributed by atoms with Crippen LogP contribution >= 0.6 is 0 Å². The van der Waals surface area contributed by atoms with E-state index in [0.29, 0.717) is 24.0 Å². The first kappa shape index (κ1) is 18.8. The molecule has 136 valence electrons. The van der Waals surface area contributed by atoms with Crippen LogP contribution in [0.3, 0.4) is 0 Å². The summed E-state index contributed by atoms with van der Waals surface area (Å²) in [4.78, 5) is 32.6. The first-order valence-corrected chi connectivity index (χ1v) is 7.75. The van der Waals surface area contributed by atoms with E-state index in [0.717, 1.165) is 18.2 Å². The molecule has 0 aliphatic heterocycles. The van der Waals surface area contributed by atoms with Crippen LogP contribution in [-0.2, 0) is 0 Å². The Balaban J connectivity index is 2.17. The maximum Gasteiger partial charge on any atom is 0.289 e. The summed E-state index contributed by atoms with van der Waals surface area (Å²) in [5, 5.41) is 24.4. The lowest BCUT2D eigenvalue weighted by Crippen LogP contribution is -2.14. The lowest BCUT2D eigenvalue weighted by molar-refractivity contribution is -0.394. The van der Waals surface area contributed by atoms with E-state index in [-0.39, 0.29) is 5.56 Å². The maximum absolute atomic E-state index is 12.3. The van der Waals surface area contributed by atoms with Crippen LogP contribution in [0.25, 0.3) is 0 Å². The topological polar surface area (TPSA) is 125 Å². The molecule has 2 rings (SSSR count). The highest BCUT2D eigenvalue weighted by Gasteiger charge is 2.24. The predicted octanol–water partition coefficient (Wildman–Crippen LogP) is 3.79. The Morgan fingerprint density at radius 2 is 1.73 bits per heavy atom. The largest absolute Gasteiger partial charge is 0.493 e. The van der Waals surface area contributed by atoms with Crippen molar-refractivity contribution >= 4 is 23.0 Å². The molecule has 0 saturated carbocycles. The minimum atomic E-state index is -0.829. The molecule has 26 heavy (non-hydrogen) atoms. The minimum Gasteiger partial charge on any atom is -0.493 e. The quantitative estimate of drug-likeness (QED) is 0.592. The number of nitrogens with zero attached hydrogens (tertiary/aromatic N) is 2. The van der Waals surface area contributed by atoms with Crippen LogP contribution in [0.5, 0.6) is 5.75 Å². The Morgan fingerprint density at radius 3 is 2.27 bits per heavy atom. The van der Waals surface area contributed by atoms with Crippen molar-refractivity contribution in [1.29, 1.82) is 0 Å². The van der Waals surface area contributed by atoms with E-state index in [4.69, 9.17) is 4.74 Å². The summed E-state index contributed by atoms with van der Waals surface area (Å²) < 4.78 is 5.53. The fourth-order valence-corrected chi connectivity index (χ4v) is 2.07. The molecule has 2 aromatic carbocycles. The summed E-state index contributed by atoms with van der Waals surface area (Å²) in [5.74, 6) is 0.275. The third-order valence-corrected chi connectivity index (χ3v) is 3.33. The van der Waals surface area contributed by atoms with Crippen LogP contribution < -0.4 is 10.1 Å². The average Bonchev–Trinajstić information content (AvgIpc) is 2.60. The second kappa shape index (κ2) is 8.06. The monoisotopic (exact) mass is 359 g/mol. The van der Waals surface area contributed by atoms with Gasteiger partial charge in [-0.2, -0.15) is 0 Å². The van der Waals surface area contributed by atoms with Crippen molar-refractivity contribution in [3.8, 4) is 5.75 Å². The SMILES string of the molecule is CC(C)COc1ccc(NC(=O)c2ccc([N+](=O)[O-])cc2[N+](=O)[O-])cc1. The molecule has 0 aromatic heterocycles. The summed E-state index contributed by atoms with van der Waals surface area (Å²) in [6.45, 7) is 4.60. The second-order valence-corrected chi connectivity index (χ2v) is 5.90. The van der Waals surface area contributed by atoms with Crippen molar-refractivity contribution in [2.45, 2.75) is 13.8 Å². The number of rotatable bonds is 7. The molecule has 0 aliphatic rings. The fraction of sp³-hybridized carbons (Fsp3) is 0.235. The number of ether oxygens (including phenoxy) is 1. The van der Waals surface area contributed by atoms with Crippen molar-refractivity contribution in [1.82, 2.24) is 0 Å². The van der Waals surface area contributed by atoms with E-state index in [2.05, 4.69) is 5.32 Å². The highest BCUT2D eigenvalue weighted by molar-refractivity contribution is 6.07. The summed E-state index contributed by atoms with van der Waals surface area (Å²) in [6, 6.07) is 9.41. The van der Waals surface area contributed by atoms with Gasteiger partial charge in [-0.3, -0.25) is 25.0 Å². The number of anilines is 1. The maximum atomic E-state index is 12.3. The number of hydrogen-bond donors (Lipinski definition) is 1. The molecule has 0 fully saturated rings. The molecule has 0 heterocycles. The molecule has 0 radical (unpaired) electrons. The molecule has 0 aliphatic carbocycles. The summed E-state index contributed by atoms with van der Waals surface area (Å²) in [6.07, 6.45) is 0. The first-order chi connectivity index (χ1) is 12.3. The Bertz CT molecular complexity index is 833. The average molecular weight is 359 g/mol. The molecule has 9 nitrogen and oxygen atoms in total. The van der Waals surface area contributed by atoms with E-state index in [9.17, 15) is 25.0 Å². The normalized spacial score (nSPS) is 10.4. The van der Waals surface area contributed by atoms with E-state index in [1.54, 1.807) is 24.3 Å². The van der Waals surface area contributed by atoms with Gasteiger partial charge in [0, 0.05) is 11.8 Å². The Kier molecular flexibility index (Phi) is 5.84. The van der Waals surface area contributed by atoms with Crippen molar-refractivity contribution in [2.24, 2.45) is 5.92 Å². The second-order valence-electron chi connectivity index (χ2n) is 5.90. The minimum absolute atomic E-state index is 0.263. The van der Waals surface area contributed by atoms with Crippen LogP contribution in [0.1, 0.15) is 24.2 Å².